The van der Waals surface area contributed by atoms with E-state index in [1.54, 1.807) is 19.1 Å². The monoisotopic (exact) mass is 270 g/mol. The largest absolute Gasteiger partial charge is 0.385 e. The molecule has 0 amide bonds. The van der Waals surface area contributed by atoms with Crippen LogP contribution < -0.4 is 10.6 Å². The van der Waals surface area contributed by atoms with Crippen LogP contribution in [0.4, 0.5) is 5.69 Å². The number of nitrogens with one attached hydrogen (secondary N) is 2. The molecule has 0 fully saturated rings. The molecule has 0 unspecified atom stereocenters. The van der Waals surface area contributed by atoms with Crippen molar-refractivity contribution in [3.05, 3.63) is 24.3 Å². The van der Waals surface area contributed by atoms with Crippen molar-refractivity contribution in [2.75, 3.05) is 30.7 Å². The first-order valence-corrected chi connectivity index (χ1v) is 8.02. The Bertz CT molecular complexity index is 441. The maximum absolute atomic E-state index is 11.6. The van der Waals surface area contributed by atoms with Crippen LogP contribution in [0.5, 0.6) is 0 Å². The third kappa shape index (κ3) is 4.66. The summed E-state index contributed by atoms with van der Waals surface area (Å²) in [6, 6.07) is 6.95. The highest BCUT2D eigenvalue weighted by molar-refractivity contribution is 7.91. The van der Waals surface area contributed by atoms with Crippen LogP contribution in [-0.4, -0.2) is 33.8 Å². The van der Waals surface area contributed by atoms with E-state index in [4.69, 9.17) is 0 Å². The van der Waals surface area contributed by atoms with E-state index in [0.717, 1.165) is 31.7 Å². The molecule has 1 aromatic carbocycles. The Balaban J connectivity index is 2.46. The Morgan fingerprint density at radius 1 is 1.06 bits per heavy atom. The summed E-state index contributed by atoms with van der Waals surface area (Å²) < 4.78 is 23.2. The lowest BCUT2D eigenvalue weighted by Crippen LogP contribution is -2.17. The van der Waals surface area contributed by atoms with Crippen LogP contribution in [-0.2, 0) is 9.84 Å². The van der Waals surface area contributed by atoms with Gasteiger partial charge >= 0.3 is 0 Å². The van der Waals surface area contributed by atoms with Crippen molar-refractivity contribution in [1.29, 1.82) is 0 Å². The molecule has 0 aliphatic carbocycles. The average Bonchev–Trinajstić information content (AvgIpc) is 2.39. The number of hydrogen-bond donors (Lipinski definition) is 2. The highest BCUT2D eigenvalue weighted by Gasteiger charge is 2.10. The van der Waals surface area contributed by atoms with Gasteiger partial charge in [0, 0.05) is 12.2 Å². The van der Waals surface area contributed by atoms with Crippen molar-refractivity contribution in [1.82, 2.24) is 5.32 Å². The molecule has 0 bridgehead atoms. The molecule has 0 saturated carbocycles. The Morgan fingerprint density at radius 3 is 2.28 bits per heavy atom. The number of sulfone groups is 1. The van der Waals surface area contributed by atoms with Crippen molar-refractivity contribution < 1.29 is 8.42 Å². The first-order chi connectivity index (χ1) is 8.60. The van der Waals surface area contributed by atoms with Gasteiger partial charge in [-0.05, 0) is 43.8 Å². The third-order valence-corrected chi connectivity index (χ3v) is 4.45. The Kier molecular flexibility index (Phi) is 6.15. The van der Waals surface area contributed by atoms with E-state index in [9.17, 15) is 8.42 Å². The van der Waals surface area contributed by atoms with Crippen LogP contribution in [0.25, 0.3) is 0 Å². The average molecular weight is 270 g/mol. The summed E-state index contributed by atoms with van der Waals surface area (Å²) in [4.78, 5) is 0.392. The van der Waals surface area contributed by atoms with Gasteiger partial charge < -0.3 is 10.6 Å². The van der Waals surface area contributed by atoms with E-state index in [2.05, 4.69) is 17.6 Å². The van der Waals surface area contributed by atoms with Crippen molar-refractivity contribution in [3.63, 3.8) is 0 Å². The molecule has 0 aliphatic heterocycles. The summed E-state index contributed by atoms with van der Waals surface area (Å²) in [6.45, 7) is 6.60. The number of hydrogen-bond acceptors (Lipinski definition) is 4. The van der Waals surface area contributed by atoms with E-state index in [-0.39, 0.29) is 5.75 Å². The molecule has 5 heteroatoms. The highest BCUT2D eigenvalue weighted by atomic mass is 32.2. The Morgan fingerprint density at radius 2 is 1.72 bits per heavy atom. The first-order valence-electron chi connectivity index (χ1n) is 6.37. The minimum Gasteiger partial charge on any atom is -0.385 e. The SMILES string of the molecule is CCNCCCNc1ccc(S(=O)(=O)CC)cc1. The van der Waals surface area contributed by atoms with Crippen molar-refractivity contribution in [2.45, 2.75) is 25.2 Å². The molecule has 0 aliphatic rings. The maximum atomic E-state index is 11.6. The van der Waals surface area contributed by atoms with Crippen LogP contribution in [0.3, 0.4) is 0 Å². The van der Waals surface area contributed by atoms with Gasteiger partial charge in [-0.3, -0.25) is 0 Å². The normalized spacial score (nSPS) is 11.4. The molecular formula is C13H22N2O2S. The topological polar surface area (TPSA) is 58.2 Å². The van der Waals surface area contributed by atoms with Crippen LogP contribution in [0, 0.1) is 0 Å². The molecule has 18 heavy (non-hydrogen) atoms. The zero-order valence-corrected chi connectivity index (χ0v) is 11.9. The van der Waals surface area contributed by atoms with E-state index in [1.165, 1.54) is 0 Å². The second-order valence-electron chi connectivity index (χ2n) is 4.06. The molecule has 102 valence electrons. The number of anilines is 1. The summed E-state index contributed by atoms with van der Waals surface area (Å²) in [5.41, 5.74) is 0.960. The quantitative estimate of drug-likeness (QED) is 0.708. The fourth-order valence-corrected chi connectivity index (χ4v) is 2.45. The van der Waals surface area contributed by atoms with Gasteiger partial charge in [0.2, 0.25) is 0 Å². The van der Waals surface area contributed by atoms with Gasteiger partial charge in [0.15, 0.2) is 9.84 Å². The number of benzene rings is 1. The predicted octanol–water partition coefficient (Wildman–Crippen LogP) is 1.89. The zero-order chi connectivity index (χ0) is 13.4. The van der Waals surface area contributed by atoms with Gasteiger partial charge in [-0.15, -0.1) is 0 Å². The molecule has 1 rings (SSSR count). The molecule has 0 aromatic heterocycles. The minimum atomic E-state index is -3.09. The molecule has 0 spiro atoms. The molecule has 0 saturated heterocycles. The van der Waals surface area contributed by atoms with Crippen LogP contribution >= 0.6 is 0 Å². The highest BCUT2D eigenvalue weighted by Crippen LogP contribution is 2.15. The van der Waals surface area contributed by atoms with Crippen molar-refractivity contribution >= 4 is 15.5 Å². The van der Waals surface area contributed by atoms with Gasteiger partial charge in [0.1, 0.15) is 0 Å². The smallest absolute Gasteiger partial charge is 0.178 e. The molecule has 4 nitrogen and oxygen atoms in total. The lowest BCUT2D eigenvalue weighted by atomic mass is 10.3. The Hall–Kier alpha value is -1.07. The van der Waals surface area contributed by atoms with Gasteiger partial charge in [-0.25, -0.2) is 8.42 Å². The summed E-state index contributed by atoms with van der Waals surface area (Å²) in [7, 11) is -3.09. The van der Waals surface area contributed by atoms with Crippen molar-refractivity contribution in [2.24, 2.45) is 0 Å². The zero-order valence-electron chi connectivity index (χ0n) is 11.1. The molecule has 0 radical (unpaired) electrons. The van der Waals surface area contributed by atoms with Gasteiger partial charge in [0.25, 0.3) is 0 Å². The molecule has 0 heterocycles. The van der Waals surface area contributed by atoms with Gasteiger partial charge in [-0.1, -0.05) is 13.8 Å². The second-order valence-corrected chi connectivity index (χ2v) is 6.34. The van der Waals surface area contributed by atoms with Crippen LogP contribution in [0.15, 0.2) is 29.2 Å². The molecule has 2 N–H and O–H groups in total. The molecular weight excluding hydrogens is 248 g/mol. The standard InChI is InChI=1S/C13H22N2O2S/c1-3-14-10-5-11-15-12-6-8-13(9-7-12)18(16,17)4-2/h6-9,14-15H,3-5,10-11H2,1-2H3. The number of rotatable bonds is 8. The minimum absolute atomic E-state index is 0.141. The van der Waals surface area contributed by atoms with Gasteiger partial charge in [0.05, 0.1) is 10.6 Å². The summed E-state index contributed by atoms with van der Waals surface area (Å²) in [6.07, 6.45) is 1.04. The van der Waals surface area contributed by atoms with E-state index in [0.29, 0.717) is 4.90 Å². The summed E-state index contributed by atoms with van der Waals surface area (Å²) in [5.74, 6) is 0.141. The second kappa shape index (κ2) is 7.38. The van der Waals surface area contributed by atoms with Crippen LogP contribution in [0.2, 0.25) is 0 Å². The lowest BCUT2D eigenvalue weighted by molar-refractivity contribution is 0.597. The van der Waals surface area contributed by atoms with Gasteiger partial charge in [-0.2, -0.15) is 0 Å². The fraction of sp³-hybridized carbons (Fsp3) is 0.538. The summed E-state index contributed by atoms with van der Waals surface area (Å²) in [5, 5.41) is 6.52. The van der Waals surface area contributed by atoms with E-state index < -0.39 is 9.84 Å². The van der Waals surface area contributed by atoms with E-state index in [1.807, 2.05) is 12.1 Å². The van der Waals surface area contributed by atoms with Crippen molar-refractivity contribution in [3.8, 4) is 0 Å². The summed E-state index contributed by atoms with van der Waals surface area (Å²) >= 11 is 0. The van der Waals surface area contributed by atoms with Crippen LogP contribution in [0.1, 0.15) is 20.3 Å². The fourth-order valence-electron chi connectivity index (χ4n) is 1.57. The Labute approximate surface area is 110 Å². The third-order valence-electron chi connectivity index (χ3n) is 2.70. The maximum Gasteiger partial charge on any atom is 0.178 e. The first kappa shape index (κ1) is 15.0. The molecule has 0 atom stereocenters. The predicted molar refractivity (Wildman–Crippen MR) is 75.8 cm³/mol. The lowest BCUT2D eigenvalue weighted by Gasteiger charge is -2.07. The van der Waals surface area contributed by atoms with E-state index >= 15 is 0 Å². The molecule has 1 aromatic rings.